The van der Waals surface area contributed by atoms with Crippen LogP contribution < -0.4 is 4.74 Å². The molecular formula is C11H13NO. The van der Waals surface area contributed by atoms with Crippen molar-refractivity contribution in [3.63, 3.8) is 0 Å². The first-order chi connectivity index (χ1) is 6.38. The van der Waals surface area contributed by atoms with Gasteiger partial charge in [-0.05, 0) is 24.6 Å². The van der Waals surface area contributed by atoms with Crippen LogP contribution in [-0.2, 0) is 0 Å². The van der Waals surface area contributed by atoms with E-state index < -0.39 is 0 Å². The van der Waals surface area contributed by atoms with Gasteiger partial charge in [0.15, 0.2) is 0 Å². The van der Waals surface area contributed by atoms with Gasteiger partial charge in [-0.3, -0.25) is 4.98 Å². The molecule has 13 heavy (non-hydrogen) atoms. The number of hydrogen-bond donors (Lipinski definition) is 0. The Kier molecular flexibility index (Phi) is 3.76. The molecule has 0 fully saturated rings. The smallest absolute Gasteiger partial charge is 0.144 e. The molecule has 0 saturated heterocycles. The molecular weight excluding hydrogens is 162 g/mol. The fourth-order valence-corrected chi connectivity index (χ4v) is 0.930. The van der Waals surface area contributed by atoms with E-state index >= 15 is 0 Å². The summed E-state index contributed by atoms with van der Waals surface area (Å²) in [5.74, 6) is 0.777. The molecule has 1 aromatic heterocycles. The highest BCUT2D eigenvalue weighted by molar-refractivity contribution is 5.50. The van der Waals surface area contributed by atoms with E-state index in [1.54, 1.807) is 12.3 Å². The number of pyridine rings is 1. The summed E-state index contributed by atoms with van der Waals surface area (Å²) in [6.07, 6.45) is 6.07. The highest BCUT2D eigenvalue weighted by Crippen LogP contribution is 2.15. The van der Waals surface area contributed by atoms with Crippen molar-refractivity contribution in [1.82, 2.24) is 4.98 Å². The molecule has 2 nitrogen and oxygen atoms in total. The van der Waals surface area contributed by atoms with Gasteiger partial charge in [-0.15, -0.1) is 6.58 Å². The lowest BCUT2D eigenvalue weighted by Gasteiger charge is -2.06. The van der Waals surface area contributed by atoms with Crippen LogP contribution in [0.2, 0.25) is 0 Å². The third-order valence-electron chi connectivity index (χ3n) is 1.57. The monoisotopic (exact) mass is 175 g/mol. The van der Waals surface area contributed by atoms with Crippen molar-refractivity contribution >= 4 is 6.08 Å². The van der Waals surface area contributed by atoms with Crippen molar-refractivity contribution < 1.29 is 4.74 Å². The predicted octanol–water partition coefficient (Wildman–Crippen LogP) is 2.68. The summed E-state index contributed by atoms with van der Waals surface area (Å²) < 4.78 is 5.46. The molecule has 0 aliphatic rings. The van der Waals surface area contributed by atoms with Crippen molar-refractivity contribution in [2.75, 3.05) is 6.61 Å². The first-order valence-corrected chi connectivity index (χ1v) is 4.19. The predicted molar refractivity (Wildman–Crippen MR) is 54.6 cm³/mol. The Balaban J connectivity index is 2.63. The molecule has 1 rings (SSSR count). The van der Waals surface area contributed by atoms with E-state index in [-0.39, 0.29) is 0 Å². The minimum atomic E-state index is 0.635. The highest BCUT2D eigenvalue weighted by atomic mass is 16.5. The van der Waals surface area contributed by atoms with Crippen LogP contribution in [0.1, 0.15) is 12.1 Å². The molecule has 0 aromatic carbocycles. The lowest BCUT2D eigenvalue weighted by molar-refractivity contribution is 0.323. The Morgan fingerprint density at radius 1 is 1.46 bits per heavy atom. The number of ether oxygens (including phenoxy) is 1. The maximum atomic E-state index is 5.46. The fourth-order valence-electron chi connectivity index (χ4n) is 0.930. The van der Waals surface area contributed by atoms with Gasteiger partial charge >= 0.3 is 0 Å². The Labute approximate surface area is 78.6 Å². The van der Waals surface area contributed by atoms with E-state index in [2.05, 4.69) is 18.1 Å². The molecule has 2 heteroatoms. The van der Waals surface area contributed by atoms with Gasteiger partial charge < -0.3 is 4.74 Å². The lowest BCUT2D eigenvalue weighted by atomic mass is 10.3. The quantitative estimate of drug-likeness (QED) is 0.507. The van der Waals surface area contributed by atoms with Gasteiger partial charge in [-0.1, -0.05) is 12.7 Å². The molecule has 1 aromatic rings. The van der Waals surface area contributed by atoms with Gasteiger partial charge in [0.2, 0.25) is 0 Å². The Morgan fingerprint density at radius 3 is 3.00 bits per heavy atom. The van der Waals surface area contributed by atoms with Crippen LogP contribution in [0, 0.1) is 0 Å². The lowest BCUT2D eigenvalue weighted by Crippen LogP contribution is -1.97. The van der Waals surface area contributed by atoms with E-state index in [0.29, 0.717) is 6.61 Å². The first-order valence-electron chi connectivity index (χ1n) is 4.19. The molecule has 0 saturated carbocycles. The molecule has 0 N–H and O–H groups in total. The van der Waals surface area contributed by atoms with Crippen LogP contribution in [0.4, 0.5) is 0 Å². The molecule has 0 amide bonds. The van der Waals surface area contributed by atoms with Crippen molar-refractivity contribution in [3.8, 4) is 5.75 Å². The number of nitrogens with zero attached hydrogens (tertiary/aromatic N) is 1. The molecule has 0 aliphatic heterocycles. The van der Waals surface area contributed by atoms with Crippen LogP contribution in [0.25, 0.3) is 6.08 Å². The van der Waals surface area contributed by atoms with Gasteiger partial charge in [0.1, 0.15) is 11.4 Å². The molecule has 0 aliphatic carbocycles. The second kappa shape index (κ2) is 5.14. The van der Waals surface area contributed by atoms with Gasteiger partial charge in [-0.25, -0.2) is 0 Å². The summed E-state index contributed by atoms with van der Waals surface area (Å²) >= 11 is 0. The zero-order chi connectivity index (χ0) is 9.52. The summed E-state index contributed by atoms with van der Waals surface area (Å²) in [5, 5.41) is 0. The molecule has 0 atom stereocenters. The summed E-state index contributed by atoms with van der Waals surface area (Å²) in [4.78, 5) is 4.11. The van der Waals surface area contributed by atoms with Crippen LogP contribution in [0.3, 0.4) is 0 Å². The maximum absolute atomic E-state index is 5.46. The van der Waals surface area contributed by atoms with Crippen molar-refractivity contribution in [2.24, 2.45) is 0 Å². The Bertz CT molecular complexity index is 294. The Hall–Kier alpha value is -1.57. The third kappa shape index (κ3) is 2.75. The highest BCUT2D eigenvalue weighted by Gasteiger charge is 1.98. The van der Waals surface area contributed by atoms with Crippen LogP contribution in [0.5, 0.6) is 5.75 Å². The SMILES string of the molecule is C=CCCOc1cccnc1C=C. The largest absolute Gasteiger partial charge is 0.491 e. The van der Waals surface area contributed by atoms with Crippen molar-refractivity contribution in [3.05, 3.63) is 43.3 Å². The van der Waals surface area contributed by atoms with E-state index in [1.165, 1.54) is 0 Å². The number of rotatable bonds is 5. The van der Waals surface area contributed by atoms with Crippen LogP contribution in [0.15, 0.2) is 37.6 Å². The molecule has 0 unspecified atom stereocenters. The molecule has 68 valence electrons. The van der Waals surface area contributed by atoms with E-state index in [1.807, 2.05) is 18.2 Å². The Morgan fingerprint density at radius 2 is 2.31 bits per heavy atom. The fraction of sp³-hybridized carbons (Fsp3) is 0.182. The van der Waals surface area contributed by atoms with Gasteiger partial charge in [0.05, 0.1) is 6.61 Å². The van der Waals surface area contributed by atoms with Crippen molar-refractivity contribution in [1.29, 1.82) is 0 Å². The normalized spacial score (nSPS) is 9.23. The van der Waals surface area contributed by atoms with Crippen LogP contribution in [-0.4, -0.2) is 11.6 Å². The maximum Gasteiger partial charge on any atom is 0.144 e. The summed E-state index contributed by atoms with van der Waals surface area (Å²) in [6, 6.07) is 3.73. The molecule has 0 bridgehead atoms. The third-order valence-corrected chi connectivity index (χ3v) is 1.57. The minimum Gasteiger partial charge on any atom is -0.491 e. The van der Waals surface area contributed by atoms with E-state index in [9.17, 15) is 0 Å². The van der Waals surface area contributed by atoms with E-state index in [4.69, 9.17) is 4.74 Å². The topological polar surface area (TPSA) is 22.1 Å². The summed E-state index contributed by atoms with van der Waals surface area (Å²) in [6.45, 7) is 7.91. The second-order valence-corrected chi connectivity index (χ2v) is 2.52. The number of aromatic nitrogens is 1. The zero-order valence-electron chi connectivity index (χ0n) is 7.57. The minimum absolute atomic E-state index is 0.635. The second-order valence-electron chi connectivity index (χ2n) is 2.52. The average molecular weight is 175 g/mol. The van der Waals surface area contributed by atoms with Crippen molar-refractivity contribution in [2.45, 2.75) is 6.42 Å². The molecule has 0 spiro atoms. The van der Waals surface area contributed by atoms with Gasteiger partial charge in [-0.2, -0.15) is 0 Å². The number of hydrogen-bond acceptors (Lipinski definition) is 2. The zero-order valence-corrected chi connectivity index (χ0v) is 7.57. The molecule has 0 radical (unpaired) electrons. The van der Waals surface area contributed by atoms with E-state index in [0.717, 1.165) is 17.9 Å². The van der Waals surface area contributed by atoms with Gasteiger partial charge in [0.25, 0.3) is 0 Å². The molecule has 1 heterocycles. The first kappa shape index (κ1) is 9.52. The van der Waals surface area contributed by atoms with Crippen LogP contribution >= 0.6 is 0 Å². The standard InChI is InChI=1S/C11H13NO/c1-3-5-9-13-11-7-6-8-12-10(11)4-2/h3-4,6-8H,1-2,5,9H2. The average Bonchev–Trinajstić information content (AvgIpc) is 2.19. The summed E-state index contributed by atoms with van der Waals surface area (Å²) in [5.41, 5.74) is 0.784. The van der Waals surface area contributed by atoms with Gasteiger partial charge in [0, 0.05) is 6.20 Å². The summed E-state index contributed by atoms with van der Waals surface area (Å²) in [7, 11) is 0.